The van der Waals surface area contributed by atoms with Crippen molar-refractivity contribution in [2.75, 3.05) is 30.9 Å². The summed E-state index contributed by atoms with van der Waals surface area (Å²) in [6.07, 6.45) is 9.45. The van der Waals surface area contributed by atoms with Gasteiger partial charge in [-0.2, -0.15) is 4.98 Å². The molecule has 4 rings (SSSR count). The Hall–Kier alpha value is -2.34. The Balaban J connectivity index is 1.26. The molecule has 6 heteroatoms. The van der Waals surface area contributed by atoms with Crippen LogP contribution in [-0.2, 0) is 19.4 Å². The first-order chi connectivity index (χ1) is 15.0. The number of hydrogen-bond acceptors (Lipinski definition) is 6. The number of aromatic nitrogens is 2. The number of aromatic hydroxyl groups is 1. The van der Waals surface area contributed by atoms with Crippen LogP contribution >= 0.6 is 0 Å². The second kappa shape index (κ2) is 9.86. The van der Waals surface area contributed by atoms with Gasteiger partial charge < -0.3 is 20.6 Å². The highest BCUT2D eigenvalue weighted by atomic mass is 16.3. The second-order valence-corrected chi connectivity index (χ2v) is 9.51. The number of aryl methyl sites for hydroxylation is 2. The molecule has 2 aliphatic carbocycles. The van der Waals surface area contributed by atoms with Crippen molar-refractivity contribution in [3.63, 3.8) is 0 Å². The van der Waals surface area contributed by atoms with E-state index in [1.165, 1.54) is 55.3 Å². The number of benzene rings is 1. The van der Waals surface area contributed by atoms with Crippen molar-refractivity contribution in [3.05, 3.63) is 40.6 Å². The third-order valence-electron chi connectivity index (χ3n) is 6.79. The van der Waals surface area contributed by atoms with Crippen LogP contribution in [-0.4, -0.2) is 41.8 Å². The van der Waals surface area contributed by atoms with Crippen LogP contribution in [0.2, 0.25) is 0 Å². The van der Waals surface area contributed by atoms with Crippen LogP contribution in [0.25, 0.3) is 0 Å². The minimum absolute atomic E-state index is 0.371. The Morgan fingerprint density at radius 3 is 2.58 bits per heavy atom. The molecule has 3 N–H and O–H groups in total. The van der Waals surface area contributed by atoms with Crippen molar-refractivity contribution in [1.29, 1.82) is 0 Å². The fraction of sp³-hybridized carbons (Fsp3) is 0.600. The summed E-state index contributed by atoms with van der Waals surface area (Å²) in [6, 6.07) is 6.31. The summed E-state index contributed by atoms with van der Waals surface area (Å²) in [5, 5.41) is 16.9. The largest absolute Gasteiger partial charge is 0.508 e. The van der Waals surface area contributed by atoms with E-state index in [0.717, 1.165) is 49.2 Å². The van der Waals surface area contributed by atoms with Gasteiger partial charge in [0.1, 0.15) is 11.6 Å². The summed E-state index contributed by atoms with van der Waals surface area (Å²) < 4.78 is 0. The molecule has 2 aromatic rings. The van der Waals surface area contributed by atoms with Crippen molar-refractivity contribution in [2.24, 2.45) is 5.92 Å². The van der Waals surface area contributed by atoms with Crippen LogP contribution in [0.5, 0.6) is 5.75 Å². The van der Waals surface area contributed by atoms with E-state index in [2.05, 4.69) is 35.7 Å². The predicted octanol–water partition coefficient (Wildman–Crippen LogP) is 4.20. The topological polar surface area (TPSA) is 73.3 Å². The first kappa shape index (κ1) is 21.9. The lowest BCUT2D eigenvalue weighted by molar-refractivity contribution is 0.323. The molecule has 6 nitrogen and oxygen atoms in total. The number of nitrogens with one attached hydrogen (secondary N) is 2. The maximum atomic E-state index is 9.67. The Morgan fingerprint density at radius 2 is 1.84 bits per heavy atom. The van der Waals surface area contributed by atoms with E-state index < -0.39 is 0 Å². The van der Waals surface area contributed by atoms with Gasteiger partial charge in [0.05, 0.1) is 5.69 Å². The Kier molecular flexibility index (Phi) is 6.96. The third kappa shape index (κ3) is 5.48. The third-order valence-corrected chi connectivity index (χ3v) is 6.79. The normalized spacial score (nSPS) is 20.9. The Bertz CT molecular complexity index is 890. The summed E-state index contributed by atoms with van der Waals surface area (Å²) >= 11 is 0. The van der Waals surface area contributed by atoms with Crippen LogP contribution in [0.1, 0.15) is 60.9 Å². The number of rotatable bonds is 7. The van der Waals surface area contributed by atoms with E-state index in [1.54, 1.807) is 6.07 Å². The van der Waals surface area contributed by atoms with E-state index in [0.29, 0.717) is 11.8 Å². The molecule has 1 saturated carbocycles. The number of fused-ring (bicyclic) bond motifs is 1. The van der Waals surface area contributed by atoms with Gasteiger partial charge in [0.15, 0.2) is 0 Å². The van der Waals surface area contributed by atoms with Gasteiger partial charge in [-0.3, -0.25) is 0 Å². The minimum Gasteiger partial charge on any atom is -0.508 e. The van der Waals surface area contributed by atoms with Crippen molar-refractivity contribution in [3.8, 4) is 5.75 Å². The van der Waals surface area contributed by atoms with Gasteiger partial charge in [0.2, 0.25) is 5.95 Å². The zero-order chi connectivity index (χ0) is 21.8. The van der Waals surface area contributed by atoms with Crippen LogP contribution in [0, 0.1) is 12.8 Å². The van der Waals surface area contributed by atoms with Gasteiger partial charge in [-0.1, -0.05) is 12.1 Å². The number of anilines is 2. The fourth-order valence-electron chi connectivity index (χ4n) is 4.95. The molecule has 0 aliphatic heterocycles. The first-order valence-corrected chi connectivity index (χ1v) is 11.8. The fourth-order valence-corrected chi connectivity index (χ4v) is 4.95. The lowest BCUT2D eigenvalue weighted by Gasteiger charge is -2.30. The Morgan fingerprint density at radius 1 is 1.06 bits per heavy atom. The number of phenols is 1. The molecular weight excluding hydrogens is 386 g/mol. The molecular formula is C25H37N5O. The van der Waals surface area contributed by atoms with E-state index in [4.69, 9.17) is 9.97 Å². The lowest BCUT2D eigenvalue weighted by Crippen LogP contribution is -2.32. The molecule has 1 fully saturated rings. The highest BCUT2D eigenvalue weighted by Crippen LogP contribution is 2.30. The van der Waals surface area contributed by atoms with E-state index >= 15 is 0 Å². The highest BCUT2D eigenvalue weighted by molar-refractivity contribution is 5.52. The van der Waals surface area contributed by atoms with E-state index in [-0.39, 0.29) is 0 Å². The molecule has 0 amide bonds. The molecule has 2 aliphatic rings. The molecule has 0 radical (unpaired) electrons. The molecule has 168 valence electrons. The van der Waals surface area contributed by atoms with Crippen LogP contribution in [0.3, 0.4) is 0 Å². The second-order valence-electron chi connectivity index (χ2n) is 9.51. The minimum atomic E-state index is 0.371. The first-order valence-electron chi connectivity index (χ1n) is 11.8. The molecule has 0 unspecified atom stereocenters. The molecule has 1 heterocycles. The van der Waals surface area contributed by atoms with Crippen LogP contribution in [0.15, 0.2) is 18.2 Å². The number of nitrogens with zero attached hydrogens (tertiary/aromatic N) is 3. The molecule has 0 atom stereocenters. The monoisotopic (exact) mass is 423 g/mol. The molecule has 0 saturated heterocycles. The summed E-state index contributed by atoms with van der Waals surface area (Å²) in [4.78, 5) is 11.9. The van der Waals surface area contributed by atoms with Gasteiger partial charge in [-0.15, -0.1) is 0 Å². The van der Waals surface area contributed by atoms with Crippen LogP contribution < -0.4 is 15.5 Å². The lowest BCUT2D eigenvalue weighted by atomic mass is 9.86. The molecule has 0 bridgehead atoms. The maximum absolute atomic E-state index is 9.67. The molecule has 0 spiro atoms. The van der Waals surface area contributed by atoms with E-state index in [1.807, 2.05) is 13.0 Å². The smallest absolute Gasteiger partial charge is 0.225 e. The quantitative estimate of drug-likeness (QED) is 0.620. The van der Waals surface area contributed by atoms with Crippen LogP contribution in [0.4, 0.5) is 11.8 Å². The SMILES string of the molecule is Cc1cc(CNCC2CCC(Nc3nc4c(c(N(C)C)n3)CCCC4)CC2)ccc1O. The molecule has 1 aromatic heterocycles. The van der Waals surface area contributed by atoms with Gasteiger partial charge in [-0.05, 0) is 87.9 Å². The van der Waals surface area contributed by atoms with Gasteiger partial charge in [0, 0.05) is 32.2 Å². The number of phenolic OH excluding ortho intramolecular Hbond substituents is 1. The number of hydrogen-bond donors (Lipinski definition) is 3. The molecule has 1 aromatic carbocycles. The van der Waals surface area contributed by atoms with Crippen molar-refractivity contribution < 1.29 is 5.11 Å². The molecule has 31 heavy (non-hydrogen) atoms. The zero-order valence-corrected chi connectivity index (χ0v) is 19.2. The van der Waals surface area contributed by atoms with Crippen molar-refractivity contribution in [1.82, 2.24) is 15.3 Å². The predicted molar refractivity (Wildman–Crippen MR) is 127 cm³/mol. The average molecular weight is 424 g/mol. The van der Waals surface area contributed by atoms with Crippen molar-refractivity contribution >= 4 is 11.8 Å². The average Bonchev–Trinajstić information content (AvgIpc) is 2.77. The summed E-state index contributed by atoms with van der Waals surface area (Å²) in [5.74, 6) is 3.00. The Labute approximate surface area is 186 Å². The van der Waals surface area contributed by atoms with Crippen molar-refractivity contribution in [2.45, 2.75) is 70.9 Å². The van der Waals surface area contributed by atoms with Gasteiger partial charge in [0.25, 0.3) is 0 Å². The standard InChI is InChI=1S/C25H37N5O/c1-17-14-19(10-13-23(17)31)16-26-15-18-8-11-20(12-9-18)27-25-28-22-7-5-4-6-21(22)24(29-25)30(2)3/h10,13-14,18,20,26,31H,4-9,11-12,15-16H2,1-3H3,(H,27,28,29). The summed E-state index contributed by atoms with van der Waals surface area (Å²) in [7, 11) is 4.16. The maximum Gasteiger partial charge on any atom is 0.225 e. The summed E-state index contributed by atoms with van der Waals surface area (Å²) in [5.41, 5.74) is 4.76. The van der Waals surface area contributed by atoms with E-state index in [9.17, 15) is 5.11 Å². The van der Waals surface area contributed by atoms with Gasteiger partial charge in [-0.25, -0.2) is 4.98 Å². The summed E-state index contributed by atoms with van der Waals surface area (Å²) in [6.45, 7) is 3.85. The zero-order valence-electron chi connectivity index (χ0n) is 19.2. The van der Waals surface area contributed by atoms with Gasteiger partial charge >= 0.3 is 0 Å². The highest BCUT2D eigenvalue weighted by Gasteiger charge is 2.24.